The van der Waals surface area contributed by atoms with Crippen molar-refractivity contribution >= 4 is 0 Å². The number of rotatable bonds is 19. The van der Waals surface area contributed by atoms with E-state index in [0.29, 0.717) is 0 Å². The molecule has 0 amide bonds. The minimum atomic E-state index is 1.30. The first kappa shape index (κ1) is 22.7. The lowest BCUT2D eigenvalue weighted by Crippen LogP contribution is -1.83. The van der Waals surface area contributed by atoms with Gasteiger partial charge < -0.3 is 0 Å². The second kappa shape index (κ2) is 21.7. The van der Waals surface area contributed by atoms with Gasteiger partial charge in [-0.15, -0.1) is 0 Å². The van der Waals surface area contributed by atoms with E-state index in [4.69, 9.17) is 0 Å². The van der Waals surface area contributed by atoms with Gasteiger partial charge in [-0.3, -0.25) is 0 Å². The van der Waals surface area contributed by atoms with Crippen molar-refractivity contribution in [3.05, 3.63) is 12.2 Å². The van der Waals surface area contributed by atoms with Gasteiger partial charge in [0.1, 0.15) is 0 Å². The summed E-state index contributed by atoms with van der Waals surface area (Å²) in [6.45, 7) is 4.57. The molecule has 0 heteroatoms. The second-order valence-corrected chi connectivity index (χ2v) is 7.35. The van der Waals surface area contributed by atoms with Crippen LogP contribution >= 0.6 is 0 Å². The molecule has 0 heterocycles. The van der Waals surface area contributed by atoms with Crippen molar-refractivity contribution < 1.29 is 0 Å². The van der Waals surface area contributed by atoms with E-state index < -0.39 is 0 Å². The molecule has 0 bridgehead atoms. The Bertz CT molecular complexity index is 216. The highest BCUT2D eigenvalue weighted by Crippen LogP contribution is 2.13. The van der Waals surface area contributed by atoms with Gasteiger partial charge in [0.2, 0.25) is 0 Å². The van der Waals surface area contributed by atoms with E-state index in [9.17, 15) is 0 Å². The van der Waals surface area contributed by atoms with Crippen LogP contribution in [0.3, 0.4) is 0 Å². The van der Waals surface area contributed by atoms with Gasteiger partial charge >= 0.3 is 0 Å². The van der Waals surface area contributed by atoms with Crippen LogP contribution in [0.5, 0.6) is 0 Å². The summed E-state index contributed by atoms with van der Waals surface area (Å²) in [7, 11) is 0. The fourth-order valence-corrected chi connectivity index (χ4v) is 3.20. The molecule has 0 saturated heterocycles. The molecular weight excluding hydrogens is 276 g/mol. The molecule has 0 aromatic carbocycles. The molecule has 0 spiro atoms. The molecule has 138 valence electrons. The van der Waals surface area contributed by atoms with Crippen molar-refractivity contribution in [3.63, 3.8) is 0 Å². The van der Waals surface area contributed by atoms with E-state index in [0.717, 1.165) is 0 Å². The van der Waals surface area contributed by atoms with Gasteiger partial charge in [-0.1, -0.05) is 122 Å². The highest BCUT2D eigenvalue weighted by atomic mass is 14.0. The Kier molecular flexibility index (Phi) is 21.5. The van der Waals surface area contributed by atoms with Gasteiger partial charge in [0.05, 0.1) is 0 Å². The molecule has 0 unspecified atom stereocenters. The van der Waals surface area contributed by atoms with Crippen molar-refractivity contribution in [2.45, 2.75) is 136 Å². The van der Waals surface area contributed by atoms with Crippen LogP contribution in [0.25, 0.3) is 0 Å². The minimum Gasteiger partial charge on any atom is -0.0885 e. The fourth-order valence-electron chi connectivity index (χ4n) is 3.20. The molecule has 0 aliphatic rings. The predicted molar refractivity (Wildman–Crippen MR) is 108 cm³/mol. The van der Waals surface area contributed by atoms with Crippen molar-refractivity contribution in [1.29, 1.82) is 0 Å². The Hall–Kier alpha value is -0.260. The number of hydrogen-bond donors (Lipinski definition) is 0. The zero-order chi connectivity index (χ0) is 16.8. The Morgan fingerprint density at radius 3 is 1.00 bits per heavy atom. The zero-order valence-electron chi connectivity index (χ0n) is 16.6. The van der Waals surface area contributed by atoms with E-state index in [1.807, 2.05) is 0 Å². The van der Waals surface area contributed by atoms with Crippen LogP contribution in [0.15, 0.2) is 12.2 Å². The van der Waals surface area contributed by atoms with Crippen LogP contribution in [0.4, 0.5) is 0 Å². The maximum Gasteiger partial charge on any atom is -0.0351 e. The van der Waals surface area contributed by atoms with Crippen LogP contribution in [-0.2, 0) is 0 Å². The van der Waals surface area contributed by atoms with Crippen LogP contribution in [0.2, 0.25) is 0 Å². The monoisotopic (exact) mass is 322 g/mol. The molecule has 0 fully saturated rings. The van der Waals surface area contributed by atoms with E-state index in [-0.39, 0.29) is 0 Å². The summed E-state index contributed by atoms with van der Waals surface area (Å²) in [5.41, 5.74) is 0. The highest BCUT2D eigenvalue weighted by molar-refractivity contribution is 4.81. The van der Waals surface area contributed by atoms with Crippen molar-refractivity contribution in [1.82, 2.24) is 0 Å². The van der Waals surface area contributed by atoms with Crippen molar-refractivity contribution in [2.75, 3.05) is 0 Å². The molecule has 0 saturated carbocycles. The summed E-state index contributed by atoms with van der Waals surface area (Å²) in [4.78, 5) is 0. The Morgan fingerprint density at radius 1 is 0.348 bits per heavy atom. The molecule has 0 nitrogen and oxygen atoms in total. The van der Waals surface area contributed by atoms with Crippen LogP contribution in [-0.4, -0.2) is 0 Å². The molecule has 0 aliphatic carbocycles. The molecule has 0 radical (unpaired) electrons. The van der Waals surface area contributed by atoms with Gasteiger partial charge in [0.15, 0.2) is 0 Å². The summed E-state index contributed by atoms with van der Waals surface area (Å²) < 4.78 is 0. The average Bonchev–Trinajstić information content (AvgIpc) is 2.57. The smallest absolute Gasteiger partial charge is 0.0351 e. The molecular formula is C23H46. The number of hydrogen-bond acceptors (Lipinski definition) is 0. The molecule has 0 rings (SSSR count). The third-order valence-corrected chi connectivity index (χ3v) is 4.87. The summed E-state index contributed by atoms with van der Waals surface area (Å²) in [6.07, 6.45) is 31.9. The zero-order valence-corrected chi connectivity index (χ0v) is 16.6. The van der Waals surface area contributed by atoms with Gasteiger partial charge in [-0.2, -0.15) is 0 Å². The topological polar surface area (TPSA) is 0 Å². The average molecular weight is 323 g/mol. The minimum absolute atomic E-state index is 1.30. The third-order valence-electron chi connectivity index (χ3n) is 4.87. The molecule has 23 heavy (non-hydrogen) atoms. The number of unbranched alkanes of at least 4 members (excludes halogenated alkanes) is 17. The Labute approximate surface area is 148 Å². The summed E-state index contributed by atoms with van der Waals surface area (Å²) in [6, 6.07) is 0. The van der Waals surface area contributed by atoms with Crippen molar-refractivity contribution in [3.8, 4) is 0 Å². The lowest BCUT2D eigenvalue weighted by Gasteiger charge is -2.02. The van der Waals surface area contributed by atoms with Crippen LogP contribution < -0.4 is 0 Å². The first-order chi connectivity index (χ1) is 11.4. The molecule has 0 N–H and O–H groups in total. The maximum atomic E-state index is 2.41. The first-order valence-corrected chi connectivity index (χ1v) is 11.1. The molecule has 0 aromatic heterocycles. The van der Waals surface area contributed by atoms with Gasteiger partial charge in [-0.25, -0.2) is 0 Å². The Morgan fingerprint density at radius 2 is 0.609 bits per heavy atom. The second-order valence-electron chi connectivity index (χ2n) is 7.35. The standard InChI is InChI=1S/C23H46/c1-3-5-7-9-11-13-15-17-19-21-23-22-20-18-16-14-12-10-8-6-4-2/h11,13H,3-10,12,14-23H2,1-2H3. The number of allylic oxidation sites excluding steroid dienone is 2. The maximum absolute atomic E-state index is 2.41. The molecule has 0 atom stereocenters. The summed E-state index contributed by atoms with van der Waals surface area (Å²) >= 11 is 0. The summed E-state index contributed by atoms with van der Waals surface area (Å²) in [5, 5.41) is 0. The van der Waals surface area contributed by atoms with Crippen LogP contribution in [0.1, 0.15) is 136 Å². The lowest BCUT2D eigenvalue weighted by molar-refractivity contribution is 0.536. The van der Waals surface area contributed by atoms with E-state index >= 15 is 0 Å². The Balaban J connectivity index is 3.00. The fraction of sp³-hybridized carbons (Fsp3) is 0.913. The SMILES string of the molecule is CCCCCC=CCCCCCCCCCCCCCCCC. The molecule has 0 aromatic rings. The van der Waals surface area contributed by atoms with E-state index in [1.165, 1.54) is 122 Å². The normalized spacial score (nSPS) is 11.6. The summed E-state index contributed by atoms with van der Waals surface area (Å²) in [5.74, 6) is 0. The van der Waals surface area contributed by atoms with Gasteiger partial charge in [0, 0.05) is 0 Å². The quantitative estimate of drug-likeness (QED) is 0.164. The molecule has 0 aliphatic heterocycles. The van der Waals surface area contributed by atoms with Crippen LogP contribution in [0, 0.1) is 0 Å². The van der Waals surface area contributed by atoms with E-state index in [2.05, 4.69) is 26.0 Å². The van der Waals surface area contributed by atoms with Crippen molar-refractivity contribution in [2.24, 2.45) is 0 Å². The predicted octanol–water partition coefficient (Wildman–Crippen LogP) is 8.99. The van der Waals surface area contributed by atoms with E-state index in [1.54, 1.807) is 0 Å². The lowest BCUT2D eigenvalue weighted by atomic mass is 10.0. The largest absolute Gasteiger partial charge is 0.0885 e. The van der Waals surface area contributed by atoms with Gasteiger partial charge in [-0.05, 0) is 25.7 Å². The third kappa shape index (κ3) is 21.7. The first-order valence-electron chi connectivity index (χ1n) is 11.1. The van der Waals surface area contributed by atoms with Gasteiger partial charge in [0.25, 0.3) is 0 Å². The highest BCUT2D eigenvalue weighted by Gasteiger charge is 1.93.